The molecule has 0 saturated heterocycles. The number of nitrogens with one attached hydrogen (secondary N) is 2. The Balaban J connectivity index is 2.30. The van der Waals surface area contributed by atoms with Gasteiger partial charge in [-0.15, -0.1) is 0 Å². The first-order valence-corrected chi connectivity index (χ1v) is 7.96. The fourth-order valence-corrected chi connectivity index (χ4v) is 2.96. The van der Waals surface area contributed by atoms with Crippen molar-refractivity contribution in [1.82, 2.24) is 10.6 Å². The van der Waals surface area contributed by atoms with Crippen molar-refractivity contribution < 1.29 is 13.2 Å². The van der Waals surface area contributed by atoms with E-state index < -0.39 is 9.84 Å². The predicted molar refractivity (Wildman–Crippen MR) is 71.8 cm³/mol. The highest BCUT2D eigenvalue weighted by atomic mass is 32.2. The van der Waals surface area contributed by atoms with E-state index >= 15 is 0 Å². The van der Waals surface area contributed by atoms with Crippen LogP contribution in [0.5, 0.6) is 0 Å². The third kappa shape index (κ3) is 5.18. The van der Waals surface area contributed by atoms with Crippen molar-refractivity contribution in [3.05, 3.63) is 11.5 Å². The lowest BCUT2D eigenvalue weighted by Crippen LogP contribution is -2.47. The van der Waals surface area contributed by atoms with Gasteiger partial charge in [0.05, 0.1) is 11.8 Å². The standard InChI is InChI=1S/C12H22N2O3S/c1-9(2)4-6-13-12(15)10(3)14-11-5-7-18(16,17)8-11/h5,7,9-11,14H,4,6,8H2,1-3H3,(H,13,15). The molecule has 0 bridgehead atoms. The predicted octanol–water partition coefficient (Wildman–Crippen LogP) is 0.438. The second-order valence-corrected chi connectivity index (χ2v) is 7.06. The molecule has 2 atom stereocenters. The fourth-order valence-electron chi connectivity index (χ4n) is 1.71. The van der Waals surface area contributed by atoms with E-state index in [1.54, 1.807) is 13.0 Å². The average molecular weight is 274 g/mol. The third-order valence-electron chi connectivity index (χ3n) is 2.81. The lowest BCUT2D eigenvalue weighted by Gasteiger charge is -2.17. The summed E-state index contributed by atoms with van der Waals surface area (Å²) in [6.45, 7) is 6.59. The summed E-state index contributed by atoms with van der Waals surface area (Å²) in [6.07, 6.45) is 2.53. The summed E-state index contributed by atoms with van der Waals surface area (Å²) in [6, 6.07) is -0.652. The quantitative estimate of drug-likeness (QED) is 0.737. The molecule has 1 rings (SSSR count). The van der Waals surface area contributed by atoms with Gasteiger partial charge in [0.2, 0.25) is 5.91 Å². The molecule has 5 nitrogen and oxygen atoms in total. The number of hydrogen-bond donors (Lipinski definition) is 2. The molecule has 0 radical (unpaired) electrons. The number of rotatable bonds is 6. The second kappa shape index (κ2) is 6.33. The first-order valence-electron chi connectivity index (χ1n) is 6.25. The molecule has 18 heavy (non-hydrogen) atoms. The van der Waals surface area contributed by atoms with Crippen LogP contribution in [0.1, 0.15) is 27.2 Å². The van der Waals surface area contributed by atoms with Gasteiger partial charge in [0.1, 0.15) is 0 Å². The van der Waals surface area contributed by atoms with Gasteiger partial charge >= 0.3 is 0 Å². The van der Waals surface area contributed by atoms with E-state index in [1.807, 2.05) is 0 Å². The smallest absolute Gasteiger partial charge is 0.236 e. The Labute approximate surface area is 109 Å². The van der Waals surface area contributed by atoms with Crippen molar-refractivity contribution in [3.8, 4) is 0 Å². The number of amides is 1. The van der Waals surface area contributed by atoms with Gasteiger partial charge in [0, 0.05) is 18.0 Å². The highest BCUT2D eigenvalue weighted by molar-refractivity contribution is 7.94. The van der Waals surface area contributed by atoms with Crippen LogP contribution in [0.15, 0.2) is 11.5 Å². The molecule has 1 heterocycles. The van der Waals surface area contributed by atoms with Crippen LogP contribution in [-0.2, 0) is 14.6 Å². The van der Waals surface area contributed by atoms with E-state index in [-0.39, 0.29) is 23.7 Å². The van der Waals surface area contributed by atoms with Gasteiger partial charge < -0.3 is 5.32 Å². The summed E-state index contributed by atoms with van der Waals surface area (Å²) in [5.41, 5.74) is 0. The Morgan fingerprint density at radius 2 is 2.06 bits per heavy atom. The van der Waals surface area contributed by atoms with E-state index in [2.05, 4.69) is 24.5 Å². The molecule has 104 valence electrons. The normalized spacial score (nSPS) is 23.2. The summed E-state index contributed by atoms with van der Waals surface area (Å²) in [5, 5.41) is 7.03. The molecule has 1 aliphatic rings. The van der Waals surface area contributed by atoms with Gasteiger partial charge in [-0.25, -0.2) is 8.42 Å². The van der Waals surface area contributed by atoms with Crippen LogP contribution in [0.25, 0.3) is 0 Å². The summed E-state index contributed by atoms with van der Waals surface area (Å²) in [5.74, 6) is 0.501. The highest BCUT2D eigenvalue weighted by Crippen LogP contribution is 2.08. The molecule has 2 unspecified atom stereocenters. The maximum Gasteiger partial charge on any atom is 0.236 e. The van der Waals surface area contributed by atoms with Crippen LogP contribution in [0.2, 0.25) is 0 Å². The summed E-state index contributed by atoms with van der Waals surface area (Å²) in [4.78, 5) is 11.7. The zero-order valence-corrected chi connectivity index (χ0v) is 12.0. The average Bonchev–Trinajstić information content (AvgIpc) is 2.57. The van der Waals surface area contributed by atoms with Gasteiger partial charge in [-0.3, -0.25) is 10.1 Å². The Bertz CT molecular complexity index is 415. The first kappa shape index (κ1) is 15.2. The fraction of sp³-hybridized carbons (Fsp3) is 0.750. The Hall–Kier alpha value is -0.880. The van der Waals surface area contributed by atoms with E-state index in [9.17, 15) is 13.2 Å². The molecule has 0 fully saturated rings. The number of carbonyl (C=O) groups excluding carboxylic acids is 1. The Morgan fingerprint density at radius 3 is 2.56 bits per heavy atom. The number of sulfone groups is 1. The van der Waals surface area contributed by atoms with E-state index in [4.69, 9.17) is 0 Å². The van der Waals surface area contributed by atoms with E-state index in [0.29, 0.717) is 12.5 Å². The Morgan fingerprint density at radius 1 is 1.39 bits per heavy atom. The molecule has 0 aromatic carbocycles. The minimum atomic E-state index is -3.07. The van der Waals surface area contributed by atoms with Crippen LogP contribution in [0.3, 0.4) is 0 Å². The molecule has 0 spiro atoms. The zero-order chi connectivity index (χ0) is 13.8. The summed E-state index contributed by atoms with van der Waals surface area (Å²) in [7, 11) is -3.07. The SMILES string of the molecule is CC(C)CCNC(=O)C(C)NC1C=CS(=O)(=O)C1. The van der Waals surface area contributed by atoms with Gasteiger partial charge in [-0.05, 0) is 19.3 Å². The van der Waals surface area contributed by atoms with Crippen LogP contribution >= 0.6 is 0 Å². The highest BCUT2D eigenvalue weighted by Gasteiger charge is 2.24. The number of carbonyl (C=O) groups is 1. The van der Waals surface area contributed by atoms with Crippen LogP contribution in [0.4, 0.5) is 0 Å². The third-order valence-corrected chi connectivity index (χ3v) is 4.20. The largest absolute Gasteiger partial charge is 0.355 e. The van der Waals surface area contributed by atoms with Crippen molar-refractivity contribution in [1.29, 1.82) is 0 Å². The molecule has 0 aromatic heterocycles. The molecule has 0 aromatic rings. The lowest BCUT2D eigenvalue weighted by molar-refractivity contribution is -0.122. The van der Waals surface area contributed by atoms with Gasteiger partial charge in [0.25, 0.3) is 0 Å². The maximum atomic E-state index is 11.7. The minimum Gasteiger partial charge on any atom is -0.355 e. The van der Waals surface area contributed by atoms with Crippen molar-refractivity contribution in [3.63, 3.8) is 0 Å². The molecule has 1 amide bonds. The lowest BCUT2D eigenvalue weighted by atomic mass is 10.1. The van der Waals surface area contributed by atoms with Crippen LogP contribution in [0, 0.1) is 5.92 Å². The van der Waals surface area contributed by atoms with Crippen molar-refractivity contribution in [2.24, 2.45) is 5.92 Å². The topological polar surface area (TPSA) is 75.3 Å². The van der Waals surface area contributed by atoms with E-state index in [0.717, 1.165) is 6.42 Å². The molecule has 2 N–H and O–H groups in total. The van der Waals surface area contributed by atoms with Crippen molar-refractivity contribution in [2.75, 3.05) is 12.3 Å². The molecular weight excluding hydrogens is 252 g/mol. The molecule has 0 saturated carbocycles. The van der Waals surface area contributed by atoms with Crippen molar-refractivity contribution >= 4 is 15.7 Å². The molecular formula is C12H22N2O3S. The monoisotopic (exact) mass is 274 g/mol. The maximum absolute atomic E-state index is 11.7. The second-order valence-electron chi connectivity index (χ2n) is 5.13. The summed E-state index contributed by atoms with van der Waals surface area (Å²) < 4.78 is 22.4. The first-order chi connectivity index (χ1) is 8.30. The van der Waals surface area contributed by atoms with E-state index in [1.165, 1.54) is 5.41 Å². The van der Waals surface area contributed by atoms with Crippen molar-refractivity contribution in [2.45, 2.75) is 39.3 Å². The minimum absolute atomic E-state index is 0.0383. The van der Waals surface area contributed by atoms with Gasteiger partial charge in [-0.1, -0.05) is 19.9 Å². The molecule has 6 heteroatoms. The Kier molecular flexibility index (Phi) is 5.34. The van der Waals surface area contributed by atoms with Crippen LogP contribution < -0.4 is 10.6 Å². The summed E-state index contributed by atoms with van der Waals surface area (Å²) >= 11 is 0. The van der Waals surface area contributed by atoms with Crippen LogP contribution in [-0.4, -0.2) is 38.7 Å². The molecule has 1 aliphatic heterocycles. The van der Waals surface area contributed by atoms with Gasteiger partial charge in [0.15, 0.2) is 9.84 Å². The molecule has 0 aliphatic carbocycles. The number of hydrogen-bond acceptors (Lipinski definition) is 4. The zero-order valence-electron chi connectivity index (χ0n) is 11.1. The van der Waals surface area contributed by atoms with Gasteiger partial charge in [-0.2, -0.15) is 0 Å².